The van der Waals surface area contributed by atoms with Crippen LogP contribution >= 0.6 is 0 Å². The second kappa shape index (κ2) is 6.92. The molecule has 3 aliphatic heterocycles. The van der Waals surface area contributed by atoms with Crippen molar-refractivity contribution in [1.29, 1.82) is 0 Å². The van der Waals surface area contributed by atoms with Gasteiger partial charge in [0.15, 0.2) is 0 Å². The molecule has 2 aromatic rings. The maximum Gasteiger partial charge on any atom is 0.243 e. The summed E-state index contributed by atoms with van der Waals surface area (Å²) < 4.78 is 5.94. The number of aryl methyl sites for hydroxylation is 1. The van der Waals surface area contributed by atoms with Gasteiger partial charge in [-0.1, -0.05) is 18.2 Å². The summed E-state index contributed by atoms with van der Waals surface area (Å²) in [6, 6.07) is 7.75. The lowest BCUT2D eigenvalue weighted by atomic mass is 9.72. The minimum Gasteiger partial charge on any atom is -0.459 e. The third-order valence-electron chi connectivity index (χ3n) is 6.88. The van der Waals surface area contributed by atoms with Gasteiger partial charge in [-0.15, -0.1) is 0 Å². The summed E-state index contributed by atoms with van der Waals surface area (Å²) in [5.74, 6) is 1.55. The summed E-state index contributed by atoms with van der Waals surface area (Å²) in [4.78, 5) is 27.9. The van der Waals surface area contributed by atoms with Gasteiger partial charge < -0.3 is 20.0 Å². The summed E-state index contributed by atoms with van der Waals surface area (Å²) in [6.07, 6.45) is 3.55. The van der Waals surface area contributed by atoms with Crippen molar-refractivity contribution in [3.63, 3.8) is 0 Å². The lowest BCUT2D eigenvalue weighted by Gasteiger charge is -2.53. The molecule has 0 aliphatic carbocycles. The van der Waals surface area contributed by atoms with E-state index in [2.05, 4.69) is 10.6 Å². The number of furan rings is 1. The van der Waals surface area contributed by atoms with Gasteiger partial charge in [0.05, 0.1) is 6.54 Å². The van der Waals surface area contributed by atoms with Crippen molar-refractivity contribution in [3.05, 3.63) is 35.6 Å². The fourth-order valence-electron chi connectivity index (χ4n) is 5.52. The van der Waals surface area contributed by atoms with Crippen LogP contribution in [0.4, 0.5) is 0 Å². The van der Waals surface area contributed by atoms with Gasteiger partial charge >= 0.3 is 0 Å². The predicted molar refractivity (Wildman–Crippen MR) is 106 cm³/mol. The Morgan fingerprint density at radius 3 is 2.96 bits per heavy atom. The molecular weight excluding hydrogens is 354 g/mol. The Balaban J connectivity index is 1.37. The van der Waals surface area contributed by atoms with Gasteiger partial charge in [0.25, 0.3) is 0 Å². The summed E-state index contributed by atoms with van der Waals surface area (Å²) in [7, 11) is 0. The number of hydrogen-bond donors (Lipinski definition) is 2. The van der Waals surface area contributed by atoms with E-state index >= 15 is 0 Å². The molecule has 28 heavy (non-hydrogen) atoms. The molecule has 3 saturated heterocycles. The number of para-hydroxylation sites is 1. The number of rotatable bonds is 3. The van der Waals surface area contributed by atoms with Gasteiger partial charge in [-0.05, 0) is 44.7 Å². The van der Waals surface area contributed by atoms with Gasteiger partial charge in [-0.2, -0.15) is 0 Å². The molecule has 5 rings (SSSR count). The van der Waals surface area contributed by atoms with Crippen LogP contribution in [0, 0.1) is 18.8 Å². The van der Waals surface area contributed by atoms with Crippen LogP contribution < -0.4 is 10.6 Å². The van der Waals surface area contributed by atoms with Crippen molar-refractivity contribution in [2.45, 2.75) is 51.2 Å². The largest absolute Gasteiger partial charge is 0.459 e. The average Bonchev–Trinajstić information content (AvgIpc) is 3.03. The molecule has 1 aromatic heterocycles. The molecule has 148 valence electrons. The van der Waals surface area contributed by atoms with E-state index in [0.717, 1.165) is 54.6 Å². The highest BCUT2D eigenvalue weighted by atomic mass is 16.3. The summed E-state index contributed by atoms with van der Waals surface area (Å²) in [6.45, 7) is 4.13. The van der Waals surface area contributed by atoms with Crippen LogP contribution in [0.25, 0.3) is 11.0 Å². The van der Waals surface area contributed by atoms with E-state index in [1.165, 1.54) is 0 Å². The fraction of sp³-hybridized carbons (Fsp3) is 0.545. The number of carbonyl (C=O) groups is 2. The van der Waals surface area contributed by atoms with Gasteiger partial charge in [0.2, 0.25) is 11.8 Å². The number of piperidine rings is 3. The molecule has 3 fully saturated rings. The van der Waals surface area contributed by atoms with Crippen LogP contribution in [0.1, 0.15) is 37.0 Å². The minimum absolute atomic E-state index is 0.0488. The van der Waals surface area contributed by atoms with E-state index in [1.54, 1.807) is 0 Å². The summed E-state index contributed by atoms with van der Waals surface area (Å²) in [5.41, 5.74) is 1.90. The van der Waals surface area contributed by atoms with Crippen LogP contribution in [0.15, 0.2) is 28.7 Å². The van der Waals surface area contributed by atoms with Gasteiger partial charge in [-0.3, -0.25) is 9.59 Å². The highest BCUT2D eigenvalue weighted by Gasteiger charge is 2.50. The Kier molecular flexibility index (Phi) is 4.38. The van der Waals surface area contributed by atoms with Crippen molar-refractivity contribution < 1.29 is 14.0 Å². The van der Waals surface area contributed by atoms with Crippen molar-refractivity contribution in [2.24, 2.45) is 11.8 Å². The summed E-state index contributed by atoms with van der Waals surface area (Å²) in [5, 5.41) is 7.64. The standard InChI is InChI=1S/C22H27N3O3/c1-13-16-5-2-3-7-18(16)28-19(13)12-24-22(27)21-15-9-14(10-23-11-15)17-6-4-8-20(26)25(17)21/h2-3,5,7,14-15,17,21,23H,4,6,8-12H2,1H3,(H,24,27)/t14-,15+,17+,21-/m1/s1. The monoisotopic (exact) mass is 381 g/mol. The molecule has 0 saturated carbocycles. The normalized spacial score (nSPS) is 29.6. The number of carbonyl (C=O) groups excluding carboxylic acids is 2. The zero-order valence-electron chi connectivity index (χ0n) is 16.2. The van der Waals surface area contributed by atoms with Crippen molar-refractivity contribution in [3.8, 4) is 0 Å². The maximum absolute atomic E-state index is 13.2. The van der Waals surface area contributed by atoms with Crippen molar-refractivity contribution >= 4 is 22.8 Å². The number of nitrogens with zero attached hydrogens (tertiary/aromatic N) is 1. The Morgan fingerprint density at radius 1 is 1.29 bits per heavy atom. The van der Waals surface area contributed by atoms with E-state index in [4.69, 9.17) is 4.42 Å². The molecule has 4 atom stereocenters. The Bertz CT molecular complexity index is 921. The van der Waals surface area contributed by atoms with E-state index in [0.29, 0.717) is 18.9 Å². The molecule has 0 unspecified atom stereocenters. The molecule has 2 amide bonds. The molecule has 0 radical (unpaired) electrons. The van der Waals surface area contributed by atoms with Crippen LogP contribution in [0.3, 0.4) is 0 Å². The average molecular weight is 381 g/mol. The van der Waals surface area contributed by atoms with E-state index in [9.17, 15) is 9.59 Å². The molecule has 2 N–H and O–H groups in total. The number of nitrogens with one attached hydrogen (secondary N) is 2. The molecule has 6 nitrogen and oxygen atoms in total. The molecule has 3 aliphatic rings. The minimum atomic E-state index is -0.369. The van der Waals surface area contributed by atoms with Gasteiger partial charge in [0.1, 0.15) is 17.4 Å². The number of benzene rings is 1. The van der Waals surface area contributed by atoms with E-state index in [1.807, 2.05) is 36.1 Å². The third-order valence-corrected chi connectivity index (χ3v) is 6.88. The Morgan fingerprint density at radius 2 is 2.11 bits per heavy atom. The van der Waals surface area contributed by atoms with Crippen LogP contribution in [0.5, 0.6) is 0 Å². The van der Waals surface area contributed by atoms with Crippen LogP contribution in [-0.2, 0) is 16.1 Å². The molecule has 4 heterocycles. The quantitative estimate of drug-likeness (QED) is 0.856. The Hall–Kier alpha value is -2.34. The first-order valence-electron chi connectivity index (χ1n) is 10.4. The zero-order valence-corrected chi connectivity index (χ0v) is 16.2. The molecule has 1 aromatic carbocycles. The SMILES string of the molecule is Cc1c(CNC(=O)[C@H]2[C@@H]3CNC[C@@H](C3)[C@@H]3CCCC(=O)N32)oc2ccccc12. The zero-order chi connectivity index (χ0) is 19.3. The lowest BCUT2D eigenvalue weighted by Crippen LogP contribution is -2.67. The third kappa shape index (κ3) is 2.82. The van der Waals surface area contributed by atoms with Crippen LogP contribution in [0.2, 0.25) is 0 Å². The molecule has 2 bridgehead atoms. The highest BCUT2D eigenvalue weighted by Crippen LogP contribution is 2.39. The van der Waals surface area contributed by atoms with E-state index in [-0.39, 0.29) is 29.8 Å². The summed E-state index contributed by atoms with van der Waals surface area (Å²) >= 11 is 0. The first-order chi connectivity index (χ1) is 13.6. The Labute approximate surface area is 164 Å². The van der Waals surface area contributed by atoms with E-state index < -0.39 is 0 Å². The molecular formula is C22H27N3O3. The maximum atomic E-state index is 13.2. The topological polar surface area (TPSA) is 74.6 Å². The first-order valence-corrected chi connectivity index (χ1v) is 10.4. The highest BCUT2D eigenvalue weighted by molar-refractivity contribution is 5.89. The lowest BCUT2D eigenvalue weighted by molar-refractivity contribution is -0.157. The van der Waals surface area contributed by atoms with Crippen molar-refractivity contribution in [1.82, 2.24) is 15.5 Å². The van der Waals surface area contributed by atoms with Gasteiger partial charge in [0, 0.05) is 35.9 Å². The number of amides is 2. The fourth-order valence-corrected chi connectivity index (χ4v) is 5.52. The number of fused-ring (bicyclic) bond motifs is 5. The van der Waals surface area contributed by atoms with Gasteiger partial charge in [-0.25, -0.2) is 0 Å². The molecule has 6 heteroatoms. The van der Waals surface area contributed by atoms with Crippen molar-refractivity contribution in [2.75, 3.05) is 13.1 Å². The first kappa shape index (κ1) is 17.7. The second-order valence-electron chi connectivity index (χ2n) is 8.48. The van der Waals surface area contributed by atoms with Crippen LogP contribution in [-0.4, -0.2) is 41.9 Å². The smallest absolute Gasteiger partial charge is 0.243 e. The molecule has 0 spiro atoms. The predicted octanol–water partition coefficient (Wildman–Crippen LogP) is 2.35. The second-order valence-corrected chi connectivity index (χ2v) is 8.48. The number of hydrogen-bond acceptors (Lipinski definition) is 4.